The summed E-state index contributed by atoms with van der Waals surface area (Å²) >= 11 is 0. The lowest BCUT2D eigenvalue weighted by Crippen LogP contribution is -2.19. The quantitative estimate of drug-likeness (QED) is 0.887. The highest BCUT2D eigenvalue weighted by Crippen LogP contribution is 2.32. The lowest BCUT2D eigenvalue weighted by atomic mass is 10.0. The van der Waals surface area contributed by atoms with Gasteiger partial charge in [-0.3, -0.25) is 5.32 Å². The van der Waals surface area contributed by atoms with Gasteiger partial charge in [0.2, 0.25) is 0 Å². The van der Waals surface area contributed by atoms with Crippen molar-refractivity contribution in [1.29, 1.82) is 0 Å². The summed E-state index contributed by atoms with van der Waals surface area (Å²) < 4.78 is 37.8. The van der Waals surface area contributed by atoms with E-state index in [-0.39, 0.29) is 5.82 Å². The zero-order chi connectivity index (χ0) is 14.8. The number of primary amides is 1. The van der Waals surface area contributed by atoms with Crippen molar-refractivity contribution < 1.29 is 18.0 Å². The van der Waals surface area contributed by atoms with Crippen molar-refractivity contribution in [2.75, 3.05) is 5.32 Å². The second-order valence-corrected chi connectivity index (χ2v) is 4.00. The highest BCUT2D eigenvalue weighted by molar-refractivity contribution is 5.86. The number of amides is 2. The number of pyridine rings is 1. The zero-order valence-corrected chi connectivity index (χ0v) is 10.1. The van der Waals surface area contributed by atoms with Crippen LogP contribution in [0.4, 0.5) is 23.8 Å². The molecule has 1 aromatic carbocycles. The number of nitrogens with two attached hydrogens (primary N) is 1. The van der Waals surface area contributed by atoms with E-state index >= 15 is 0 Å². The number of alkyl halides is 3. The Morgan fingerprint density at radius 1 is 1.15 bits per heavy atom. The van der Waals surface area contributed by atoms with E-state index < -0.39 is 17.8 Å². The molecule has 7 heteroatoms. The molecule has 0 aliphatic rings. The fraction of sp³-hybridized carbons (Fsp3) is 0.0769. The van der Waals surface area contributed by atoms with Crippen molar-refractivity contribution >= 4 is 11.8 Å². The number of urea groups is 1. The first kappa shape index (κ1) is 13.9. The van der Waals surface area contributed by atoms with Gasteiger partial charge in [0.15, 0.2) is 0 Å². The molecule has 0 atom stereocenters. The number of hydrogen-bond acceptors (Lipinski definition) is 2. The van der Waals surface area contributed by atoms with Gasteiger partial charge >= 0.3 is 12.2 Å². The predicted octanol–water partition coefficient (Wildman–Crippen LogP) is 3.26. The largest absolute Gasteiger partial charge is 0.416 e. The van der Waals surface area contributed by atoms with Crippen molar-refractivity contribution in [2.24, 2.45) is 5.73 Å². The third-order valence-electron chi connectivity index (χ3n) is 2.54. The normalized spacial score (nSPS) is 11.2. The standard InChI is InChI=1S/C13H10F3N3O/c14-13(15,16)10-3-1-2-8(6-10)9-4-5-11(18-7-9)19-12(17)20/h1-7H,(H3,17,18,19,20). The molecule has 2 amide bonds. The van der Waals surface area contributed by atoms with Gasteiger partial charge < -0.3 is 5.73 Å². The highest BCUT2D eigenvalue weighted by Gasteiger charge is 2.30. The number of benzene rings is 1. The molecule has 0 saturated carbocycles. The van der Waals surface area contributed by atoms with Gasteiger partial charge in [-0.1, -0.05) is 12.1 Å². The van der Waals surface area contributed by atoms with Crippen LogP contribution in [0.25, 0.3) is 11.1 Å². The maximum absolute atomic E-state index is 12.6. The van der Waals surface area contributed by atoms with E-state index in [0.29, 0.717) is 11.1 Å². The van der Waals surface area contributed by atoms with Crippen LogP contribution in [0.5, 0.6) is 0 Å². The molecule has 0 radical (unpaired) electrons. The van der Waals surface area contributed by atoms with Gasteiger partial charge in [0.1, 0.15) is 5.82 Å². The average molecular weight is 281 g/mol. The molecule has 0 spiro atoms. The Morgan fingerprint density at radius 3 is 2.45 bits per heavy atom. The van der Waals surface area contributed by atoms with E-state index in [0.717, 1.165) is 12.1 Å². The van der Waals surface area contributed by atoms with E-state index in [2.05, 4.69) is 10.3 Å². The van der Waals surface area contributed by atoms with Gasteiger partial charge in [0.25, 0.3) is 0 Å². The summed E-state index contributed by atoms with van der Waals surface area (Å²) in [6.45, 7) is 0. The summed E-state index contributed by atoms with van der Waals surface area (Å²) in [6, 6.07) is 7.16. The van der Waals surface area contributed by atoms with Gasteiger partial charge in [-0.25, -0.2) is 9.78 Å². The lowest BCUT2D eigenvalue weighted by molar-refractivity contribution is -0.137. The van der Waals surface area contributed by atoms with E-state index in [9.17, 15) is 18.0 Å². The van der Waals surface area contributed by atoms with Gasteiger partial charge in [0.05, 0.1) is 5.56 Å². The molecule has 0 bridgehead atoms. The van der Waals surface area contributed by atoms with Gasteiger partial charge in [0, 0.05) is 11.8 Å². The Labute approximate surface area is 112 Å². The first-order valence-corrected chi connectivity index (χ1v) is 5.56. The number of carbonyl (C=O) groups is 1. The van der Waals surface area contributed by atoms with Crippen LogP contribution in [0.15, 0.2) is 42.6 Å². The maximum Gasteiger partial charge on any atom is 0.416 e. The molecule has 0 fully saturated rings. The van der Waals surface area contributed by atoms with Crippen LogP contribution < -0.4 is 11.1 Å². The van der Waals surface area contributed by atoms with Crippen LogP contribution in [-0.2, 0) is 6.18 Å². The predicted molar refractivity (Wildman–Crippen MR) is 67.9 cm³/mol. The van der Waals surface area contributed by atoms with Crippen LogP contribution >= 0.6 is 0 Å². The smallest absolute Gasteiger partial charge is 0.351 e. The third-order valence-corrected chi connectivity index (χ3v) is 2.54. The van der Waals surface area contributed by atoms with Crippen LogP contribution in [-0.4, -0.2) is 11.0 Å². The molecule has 104 valence electrons. The number of halogens is 3. The summed E-state index contributed by atoms with van der Waals surface area (Å²) in [5.74, 6) is 0.230. The van der Waals surface area contributed by atoms with Crippen molar-refractivity contribution in [2.45, 2.75) is 6.18 Å². The van der Waals surface area contributed by atoms with Crippen LogP contribution in [0.3, 0.4) is 0 Å². The Morgan fingerprint density at radius 2 is 1.90 bits per heavy atom. The fourth-order valence-corrected chi connectivity index (χ4v) is 1.64. The summed E-state index contributed by atoms with van der Waals surface area (Å²) in [4.78, 5) is 14.5. The van der Waals surface area contributed by atoms with Crippen molar-refractivity contribution in [3.63, 3.8) is 0 Å². The highest BCUT2D eigenvalue weighted by atomic mass is 19.4. The SMILES string of the molecule is NC(=O)Nc1ccc(-c2cccc(C(F)(F)F)c2)cn1. The number of rotatable bonds is 2. The molecule has 2 rings (SSSR count). The Kier molecular flexibility index (Phi) is 3.60. The van der Waals surface area contributed by atoms with E-state index in [4.69, 9.17) is 5.73 Å². The topological polar surface area (TPSA) is 68.0 Å². The van der Waals surface area contributed by atoms with Crippen molar-refractivity contribution in [3.8, 4) is 11.1 Å². The monoisotopic (exact) mass is 281 g/mol. The van der Waals surface area contributed by atoms with Crippen LogP contribution in [0.2, 0.25) is 0 Å². The molecule has 0 saturated heterocycles. The van der Waals surface area contributed by atoms with Crippen molar-refractivity contribution in [1.82, 2.24) is 4.98 Å². The lowest BCUT2D eigenvalue weighted by Gasteiger charge is -2.09. The summed E-state index contributed by atoms with van der Waals surface area (Å²) in [6.07, 6.45) is -3.03. The fourth-order valence-electron chi connectivity index (χ4n) is 1.64. The number of nitrogens with one attached hydrogen (secondary N) is 1. The molecular weight excluding hydrogens is 271 g/mol. The first-order valence-electron chi connectivity index (χ1n) is 5.56. The molecule has 4 nitrogen and oxygen atoms in total. The molecule has 1 heterocycles. The molecule has 0 aliphatic heterocycles. The Hall–Kier alpha value is -2.57. The molecule has 20 heavy (non-hydrogen) atoms. The van der Waals surface area contributed by atoms with Crippen LogP contribution in [0.1, 0.15) is 5.56 Å². The Balaban J connectivity index is 2.30. The number of carbonyl (C=O) groups excluding carboxylic acids is 1. The minimum atomic E-state index is -4.39. The molecule has 2 aromatic rings. The number of hydrogen-bond donors (Lipinski definition) is 2. The minimum absolute atomic E-state index is 0.230. The Bertz CT molecular complexity index is 624. The zero-order valence-electron chi connectivity index (χ0n) is 10.1. The van der Waals surface area contributed by atoms with Crippen LogP contribution in [0, 0.1) is 0 Å². The molecular formula is C13H10F3N3O. The molecule has 0 unspecified atom stereocenters. The number of anilines is 1. The second-order valence-electron chi connectivity index (χ2n) is 4.00. The maximum atomic E-state index is 12.6. The molecule has 0 aliphatic carbocycles. The van der Waals surface area contributed by atoms with Gasteiger partial charge in [-0.05, 0) is 29.8 Å². The average Bonchev–Trinajstić information content (AvgIpc) is 2.38. The van der Waals surface area contributed by atoms with E-state index in [1.54, 1.807) is 12.1 Å². The summed E-state index contributed by atoms with van der Waals surface area (Å²) in [5.41, 5.74) is 5.09. The minimum Gasteiger partial charge on any atom is -0.351 e. The van der Waals surface area contributed by atoms with Gasteiger partial charge in [-0.2, -0.15) is 13.2 Å². The van der Waals surface area contributed by atoms with E-state index in [1.807, 2.05) is 0 Å². The van der Waals surface area contributed by atoms with Crippen molar-refractivity contribution in [3.05, 3.63) is 48.2 Å². The molecule has 1 aromatic heterocycles. The van der Waals surface area contributed by atoms with Gasteiger partial charge in [-0.15, -0.1) is 0 Å². The third kappa shape index (κ3) is 3.25. The first-order chi connectivity index (χ1) is 9.36. The second kappa shape index (κ2) is 5.20. The number of aromatic nitrogens is 1. The van der Waals surface area contributed by atoms with E-state index in [1.165, 1.54) is 18.3 Å². The summed E-state index contributed by atoms with van der Waals surface area (Å²) in [7, 11) is 0. The molecule has 3 N–H and O–H groups in total. The number of nitrogens with zero attached hydrogens (tertiary/aromatic N) is 1. The summed E-state index contributed by atoms with van der Waals surface area (Å²) in [5, 5.41) is 2.27.